The number of carbonyl (C=O) groups is 1. The number of nitrogens with zero attached hydrogens (tertiary/aromatic N) is 21. The van der Waals surface area contributed by atoms with Crippen molar-refractivity contribution in [2.24, 2.45) is 0 Å². The van der Waals surface area contributed by atoms with Crippen LogP contribution in [0, 0.1) is 57.6 Å². The van der Waals surface area contributed by atoms with Gasteiger partial charge in [0.05, 0.1) is 89.0 Å². The number of sulfone groups is 1. The largest absolute Gasteiger partial charge is 0.508 e. The summed E-state index contributed by atoms with van der Waals surface area (Å²) in [7, 11) is -1.57. The van der Waals surface area contributed by atoms with Crippen molar-refractivity contribution in [3.05, 3.63) is 306 Å². The van der Waals surface area contributed by atoms with Gasteiger partial charge in [0.1, 0.15) is 112 Å². The average Bonchev–Trinajstić information content (AvgIpc) is 1.30. The van der Waals surface area contributed by atoms with Gasteiger partial charge < -0.3 is 43.4 Å². The molecule has 0 fully saturated rings. The van der Waals surface area contributed by atoms with Crippen LogP contribution in [-0.2, 0) is 22.9 Å². The number of halogens is 2. The fourth-order valence-corrected chi connectivity index (χ4v) is 18.7. The van der Waals surface area contributed by atoms with E-state index in [4.69, 9.17) is 37.3 Å². The highest BCUT2D eigenvalue weighted by molar-refractivity contribution is 7.90. The first kappa shape index (κ1) is 91.0. The molecular formula is C97H81F2N29O7S3. The number of carbonyl (C=O) groups excluding carboxylic acids is 1. The number of para-hydroxylation sites is 2. The Morgan fingerprint density at radius 3 is 1.88 bits per heavy atom. The zero-order valence-electron chi connectivity index (χ0n) is 74.8. The van der Waals surface area contributed by atoms with Crippen molar-refractivity contribution in [3.63, 3.8) is 0 Å². The Morgan fingerprint density at radius 2 is 1.23 bits per heavy atom. The van der Waals surface area contributed by atoms with Crippen molar-refractivity contribution < 1.29 is 32.2 Å². The number of fused-ring (bicyclic) bond motifs is 7. The first-order valence-electron chi connectivity index (χ1n) is 42.6. The minimum atomic E-state index is -3.50. The summed E-state index contributed by atoms with van der Waals surface area (Å²) in [5.74, 6) is -0.734. The van der Waals surface area contributed by atoms with Crippen molar-refractivity contribution in [1.29, 1.82) is 5.26 Å². The van der Waals surface area contributed by atoms with Crippen molar-refractivity contribution >= 4 is 144 Å². The molecule has 0 spiro atoms. The number of pyridine rings is 3. The van der Waals surface area contributed by atoms with Gasteiger partial charge in [-0.3, -0.25) is 38.7 Å². The molecule has 36 nitrogen and oxygen atoms in total. The van der Waals surface area contributed by atoms with Gasteiger partial charge in [0, 0.05) is 69.3 Å². The van der Waals surface area contributed by atoms with Crippen LogP contribution >= 0.6 is 22.7 Å². The van der Waals surface area contributed by atoms with Gasteiger partial charge in [-0.1, -0.05) is 78.9 Å². The summed E-state index contributed by atoms with van der Waals surface area (Å²) in [6, 6.07) is 49.5. The van der Waals surface area contributed by atoms with Gasteiger partial charge in [-0.2, -0.15) is 25.7 Å². The average molecular weight is 1900 g/mol. The molecule has 14 aromatic heterocycles. The molecule has 0 aliphatic rings. The van der Waals surface area contributed by atoms with Crippen LogP contribution in [0.15, 0.2) is 227 Å². The molecular weight excluding hydrogens is 1820 g/mol. The van der Waals surface area contributed by atoms with E-state index < -0.39 is 27.2 Å². The summed E-state index contributed by atoms with van der Waals surface area (Å²) >= 11 is 2.80. The van der Waals surface area contributed by atoms with E-state index in [0.29, 0.717) is 128 Å². The predicted octanol–water partition coefficient (Wildman–Crippen LogP) is 15.5. The van der Waals surface area contributed by atoms with Crippen LogP contribution in [-0.4, -0.2) is 147 Å². The number of thiophene rings is 1. The standard InChI is InChI=1S/C28H22FN7O2.C26H20FN7O2S.C24H24N8.C19H15N7O3S2/c1-15-6-3-4-9-20(15)36-22(33-19-8-5-7-16(2)23(19)28(36)38)13-35-27-24(26(30)31-14-32-27)25(34-35)17-10-11-21(37)18(29)12-17;1-13-5-3-4-6-18(13)34-19(31-25-20(26(34)36)14(2)11-37-25)10-33-24-21(23(28)29-12-30-24)22(32-33)15-7-16(27)9-17(35)8-15;1-14(27-3)19-20(16-8-5-4-6-9-16)21(32-18-10-7-11-28-22(18)19)15(2)31-24-17(12-25)23(26)29-13-30-24;1-9-22-16(8-30-9)18(27)23-14-4-10(5-15-13(14)7-21-24-15)11-3-12-17(20-6-11)25-26-19(12)31(2,28)29/h3-12,14,37H,13H2,1-2H3,(H2,30,31,32);3-9,11-12,35H,10H2,1-2H3,(H2,28,29,30);4-11,13-15,27H,1-3H3,(H3,26,29,30,31);3-8H,1-2H3,(H,21,24)(H,23,27)(H,20,25,26)/t;;14?,15-;/m..0./s1. The van der Waals surface area contributed by atoms with Gasteiger partial charge in [-0.05, 0) is 173 Å². The number of aryl methyl sites for hydroxylation is 5. The number of hydrogen-bond acceptors (Lipinski definition) is 31. The van der Waals surface area contributed by atoms with E-state index in [1.807, 2.05) is 151 Å². The highest BCUT2D eigenvalue weighted by Crippen LogP contribution is 2.42. The second-order valence-corrected chi connectivity index (χ2v) is 36.1. The van der Waals surface area contributed by atoms with Crippen LogP contribution in [0.4, 0.5) is 37.7 Å². The second-order valence-electron chi connectivity index (χ2n) is 32.2. The van der Waals surface area contributed by atoms with Crippen LogP contribution in [0.2, 0.25) is 0 Å². The van der Waals surface area contributed by atoms with E-state index in [-0.39, 0.29) is 76.0 Å². The van der Waals surface area contributed by atoms with E-state index >= 15 is 0 Å². The van der Waals surface area contributed by atoms with Crippen LogP contribution < -0.4 is 44.3 Å². The number of phenols is 2. The number of thiazole rings is 1. The smallest absolute Gasteiger partial charge is 0.275 e. The number of nitrogen functional groups attached to an aromatic ring is 3. The Morgan fingerprint density at radius 1 is 0.587 bits per heavy atom. The van der Waals surface area contributed by atoms with Gasteiger partial charge in [0.25, 0.3) is 17.0 Å². The predicted molar refractivity (Wildman–Crippen MR) is 526 cm³/mol. The first-order chi connectivity index (χ1) is 66.5. The van der Waals surface area contributed by atoms with Crippen LogP contribution in [0.25, 0.3) is 132 Å². The molecule has 2 atom stereocenters. The topological polar surface area (TPSA) is 521 Å². The zero-order valence-corrected chi connectivity index (χ0v) is 77.3. The number of aromatic hydroxyl groups is 2. The molecule has 138 heavy (non-hydrogen) atoms. The summed E-state index contributed by atoms with van der Waals surface area (Å²) in [5.41, 5.74) is 34.6. The van der Waals surface area contributed by atoms with Gasteiger partial charge in [-0.25, -0.2) is 81.4 Å². The quantitative estimate of drug-likeness (QED) is 0.0381. The lowest BCUT2D eigenvalue weighted by Crippen LogP contribution is -2.26. The maximum Gasteiger partial charge on any atom is 0.275 e. The monoisotopic (exact) mass is 1900 g/mol. The van der Waals surface area contributed by atoms with E-state index in [0.717, 1.165) is 84.0 Å². The number of benzene rings is 7. The normalized spacial score (nSPS) is 11.9. The number of aromatic nitrogens is 22. The summed E-state index contributed by atoms with van der Waals surface area (Å²) < 4.78 is 58.8. The minimum absolute atomic E-state index is 0.00639. The number of nitrogens with two attached hydrogens (primary N) is 3. The number of nitrogens with one attached hydrogen (secondary N) is 5. The molecule has 1 unspecified atom stereocenters. The highest BCUT2D eigenvalue weighted by atomic mass is 32.2. The van der Waals surface area contributed by atoms with Gasteiger partial charge in [0.15, 0.2) is 43.4 Å². The zero-order chi connectivity index (χ0) is 96.8. The molecule has 41 heteroatoms. The van der Waals surface area contributed by atoms with Crippen molar-refractivity contribution in [2.75, 3.05) is 41.1 Å². The molecule has 0 radical (unpaired) electrons. The molecule has 14 heterocycles. The SMILES string of the molecule is CNC(C)c1c(-c2ccccc2)c([C@H](C)Nc2ncnc(N)c2C#N)nc2cccnc12.Cc1ccccc1-n1c(Cn2nc(-c3cc(O)cc(F)c3)c3c(N)ncnc32)nc2scc(C)c2c1=O.Cc1ccccc1-n1c(Cn2nc(-c3ccc(O)c(F)c3)c3c(N)ncnc32)nc2cccc(C)c2c1=O.Cc1nc(C(=O)Nc2cc(-c3cnc4n[nH]c(S(C)(=O)=O)c4c3)cc3[nH]ncc23)cs1. The maximum absolute atomic E-state index is 14.2. The summed E-state index contributed by atoms with van der Waals surface area (Å²) in [6.07, 6.45) is 10.1. The fourth-order valence-electron chi connectivity index (χ4n) is 16.4. The molecule has 0 saturated heterocycles. The van der Waals surface area contributed by atoms with E-state index in [2.05, 4.69) is 111 Å². The van der Waals surface area contributed by atoms with Gasteiger partial charge in [-0.15, -0.1) is 22.7 Å². The Bertz CT molecular complexity index is 8710. The number of nitriles is 1. The summed E-state index contributed by atoms with van der Waals surface area (Å²) in [5, 5.41) is 69.1. The number of anilines is 5. The van der Waals surface area contributed by atoms with Crippen LogP contribution in [0.5, 0.6) is 11.5 Å². The maximum atomic E-state index is 14.2. The van der Waals surface area contributed by atoms with E-state index in [9.17, 15) is 47.1 Å². The number of hydrogen-bond donors (Lipinski definition) is 10. The highest BCUT2D eigenvalue weighted by Gasteiger charge is 2.30. The Labute approximate surface area is 789 Å². The number of rotatable bonds is 18. The summed E-state index contributed by atoms with van der Waals surface area (Å²) in [4.78, 5) is 93.9. The number of amides is 1. The lowest BCUT2D eigenvalue weighted by Gasteiger charge is -2.24. The van der Waals surface area contributed by atoms with E-state index in [1.54, 1.807) is 60.7 Å². The van der Waals surface area contributed by atoms with Crippen molar-refractivity contribution in [1.82, 2.24) is 114 Å². The lowest BCUT2D eigenvalue weighted by molar-refractivity contribution is 0.102. The number of phenolic OH excluding ortho intramolecular Hbond substituents is 2. The van der Waals surface area contributed by atoms with Crippen molar-refractivity contribution in [2.45, 2.75) is 78.7 Å². The molecule has 688 valence electrons. The van der Waals surface area contributed by atoms with Gasteiger partial charge in [0.2, 0.25) is 0 Å². The van der Waals surface area contributed by atoms with Gasteiger partial charge >= 0.3 is 0 Å². The molecule has 21 rings (SSSR count). The lowest BCUT2D eigenvalue weighted by atomic mass is 9.90. The molecule has 1 amide bonds. The third-order valence-corrected chi connectivity index (χ3v) is 25.9. The molecule has 0 saturated carbocycles. The minimum Gasteiger partial charge on any atom is -0.508 e. The number of H-pyrrole nitrogens is 2. The molecule has 0 aliphatic heterocycles. The molecule has 21 aromatic rings. The van der Waals surface area contributed by atoms with Crippen LogP contribution in [0.3, 0.4) is 0 Å². The Kier molecular flexibility index (Phi) is 24.7. The number of aromatic amines is 2. The van der Waals surface area contributed by atoms with Crippen molar-refractivity contribution in [3.8, 4) is 73.7 Å². The Balaban J connectivity index is 0.000000123. The Hall–Kier alpha value is -17.5. The summed E-state index contributed by atoms with van der Waals surface area (Å²) in [6.45, 7) is 13.7. The molecule has 7 aromatic carbocycles. The first-order valence-corrected chi connectivity index (χ1v) is 46.2. The molecule has 0 bridgehead atoms. The second kappa shape index (κ2) is 37.5. The molecule has 13 N–H and O–H groups in total. The molecule has 0 aliphatic carbocycles. The third-order valence-electron chi connectivity index (χ3n) is 23.1. The van der Waals surface area contributed by atoms with Crippen LogP contribution in [0.1, 0.15) is 92.2 Å². The third kappa shape index (κ3) is 17.6. The van der Waals surface area contributed by atoms with E-state index in [1.165, 1.54) is 72.0 Å². The fraction of sp³-hybridized carbons (Fsp3) is 0.134.